The summed E-state index contributed by atoms with van der Waals surface area (Å²) >= 11 is 5.73. The predicted octanol–water partition coefficient (Wildman–Crippen LogP) is 2.28. The van der Waals surface area contributed by atoms with Gasteiger partial charge in [0.05, 0.1) is 10.6 Å². The van der Waals surface area contributed by atoms with Gasteiger partial charge < -0.3 is 5.32 Å². The summed E-state index contributed by atoms with van der Waals surface area (Å²) in [5.74, 6) is 4.41. The third-order valence-electron chi connectivity index (χ3n) is 2.92. The van der Waals surface area contributed by atoms with E-state index in [9.17, 15) is 13.2 Å². The zero-order valence-electron chi connectivity index (χ0n) is 12.1. The van der Waals surface area contributed by atoms with Gasteiger partial charge in [0.1, 0.15) is 0 Å². The fourth-order valence-corrected chi connectivity index (χ4v) is 3.04. The molecular weight excluding hydrogens is 334 g/mol. The molecule has 23 heavy (non-hydrogen) atoms. The van der Waals surface area contributed by atoms with Crippen molar-refractivity contribution in [3.8, 4) is 11.8 Å². The van der Waals surface area contributed by atoms with E-state index >= 15 is 0 Å². The maximum atomic E-state index is 12.1. The van der Waals surface area contributed by atoms with Crippen LogP contribution in [0, 0.1) is 11.8 Å². The van der Waals surface area contributed by atoms with Gasteiger partial charge in [-0.1, -0.05) is 35.7 Å². The Morgan fingerprint density at radius 2 is 1.70 bits per heavy atom. The first kappa shape index (κ1) is 17.1. The highest BCUT2D eigenvalue weighted by Gasteiger charge is 2.14. The van der Waals surface area contributed by atoms with Gasteiger partial charge in [-0.15, -0.1) is 0 Å². The highest BCUT2D eigenvalue weighted by atomic mass is 35.5. The third kappa shape index (κ3) is 5.44. The number of carbonyl (C=O) groups is 1. The summed E-state index contributed by atoms with van der Waals surface area (Å²) in [7, 11) is -3.46. The van der Waals surface area contributed by atoms with Gasteiger partial charge in [-0.2, -0.15) is 0 Å². The van der Waals surface area contributed by atoms with Crippen LogP contribution in [0.5, 0.6) is 0 Å². The number of nitrogens with one attached hydrogen (secondary N) is 1. The molecule has 0 bridgehead atoms. The lowest BCUT2D eigenvalue weighted by atomic mass is 10.2. The fourth-order valence-electron chi connectivity index (χ4n) is 1.75. The smallest absolute Gasteiger partial charge is 0.296 e. The number of halogens is 1. The van der Waals surface area contributed by atoms with E-state index in [4.69, 9.17) is 11.6 Å². The van der Waals surface area contributed by atoms with Gasteiger partial charge in [-0.3, -0.25) is 4.79 Å². The topological polar surface area (TPSA) is 63.2 Å². The van der Waals surface area contributed by atoms with Crippen molar-refractivity contribution in [3.05, 3.63) is 65.2 Å². The molecule has 1 N–H and O–H groups in total. The zero-order chi connectivity index (χ0) is 16.7. The standard InChI is InChI=1S/C17H14ClNO3S/c18-15-7-9-16(10-8-15)23(21,22)13-12-19-17(20)11-6-14-4-2-1-3-5-14/h1-5,7-10H,12-13H2,(H,19,20). The Bertz CT molecular complexity index is 835. The first-order valence-electron chi connectivity index (χ1n) is 6.80. The van der Waals surface area contributed by atoms with E-state index in [2.05, 4.69) is 17.2 Å². The molecule has 0 radical (unpaired) electrons. The van der Waals surface area contributed by atoms with E-state index in [1.165, 1.54) is 24.3 Å². The van der Waals surface area contributed by atoms with Crippen LogP contribution in [0.3, 0.4) is 0 Å². The summed E-state index contributed by atoms with van der Waals surface area (Å²) < 4.78 is 24.1. The molecule has 2 aromatic carbocycles. The number of sulfone groups is 1. The highest BCUT2D eigenvalue weighted by molar-refractivity contribution is 7.91. The maximum Gasteiger partial charge on any atom is 0.296 e. The molecule has 0 aromatic heterocycles. The molecular formula is C17H14ClNO3S. The Morgan fingerprint density at radius 1 is 1.04 bits per heavy atom. The van der Waals surface area contributed by atoms with Gasteiger partial charge in [0, 0.05) is 23.1 Å². The van der Waals surface area contributed by atoms with Crippen molar-refractivity contribution < 1.29 is 13.2 Å². The van der Waals surface area contributed by atoms with Crippen molar-refractivity contribution in [2.45, 2.75) is 4.90 Å². The lowest BCUT2D eigenvalue weighted by Gasteiger charge is -2.04. The van der Waals surface area contributed by atoms with Crippen LogP contribution in [0.25, 0.3) is 0 Å². The van der Waals surface area contributed by atoms with E-state index in [1.54, 1.807) is 12.1 Å². The van der Waals surface area contributed by atoms with E-state index in [0.29, 0.717) is 5.02 Å². The Labute approximate surface area is 140 Å². The number of amides is 1. The summed E-state index contributed by atoms with van der Waals surface area (Å²) in [5.41, 5.74) is 0.719. The largest absolute Gasteiger partial charge is 0.344 e. The molecule has 0 spiro atoms. The lowest BCUT2D eigenvalue weighted by Crippen LogP contribution is -2.28. The molecule has 0 aliphatic heterocycles. The molecule has 1 amide bonds. The molecule has 6 heteroatoms. The Hall–Kier alpha value is -2.29. The normalized spacial score (nSPS) is 10.5. The number of hydrogen-bond acceptors (Lipinski definition) is 3. The third-order valence-corrected chi connectivity index (χ3v) is 4.91. The minimum absolute atomic E-state index is 0.00668. The molecule has 118 valence electrons. The summed E-state index contributed by atoms with van der Waals surface area (Å²) in [4.78, 5) is 11.8. The number of benzene rings is 2. The van der Waals surface area contributed by atoms with Crippen molar-refractivity contribution in [2.24, 2.45) is 0 Å². The van der Waals surface area contributed by atoms with E-state index in [1.807, 2.05) is 18.2 Å². The zero-order valence-corrected chi connectivity index (χ0v) is 13.7. The van der Waals surface area contributed by atoms with E-state index in [-0.39, 0.29) is 17.2 Å². The van der Waals surface area contributed by atoms with Gasteiger partial charge in [0.15, 0.2) is 9.84 Å². The van der Waals surface area contributed by atoms with Crippen LogP contribution in [0.1, 0.15) is 5.56 Å². The summed E-state index contributed by atoms with van der Waals surface area (Å²) in [5, 5.41) is 2.94. The van der Waals surface area contributed by atoms with E-state index < -0.39 is 15.7 Å². The second kappa shape index (κ2) is 7.82. The van der Waals surface area contributed by atoms with Crippen molar-refractivity contribution in [1.82, 2.24) is 5.32 Å². The monoisotopic (exact) mass is 347 g/mol. The summed E-state index contributed by atoms with van der Waals surface area (Å²) in [6.07, 6.45) is 0. The Morgan fingerprint density at radius 3 is 2.35 bits per heavy atom. The molecule has 2 aromatic rings. The molecule has 0 heterocycles. The van der Waals surface area contributed by atoms with Crippen LogP contribution >= 0.6 is 11.6 Å². The lowest BCUT2D eigenvalue weighted by molar-refractivity contribution is -0.115. The molecule has 0 unspecified atom stereocenters. The Balaban J connectivity index is 1.88. The minimum atomic E-state index is -3.46. The van der Waals surface area contributed by atoms with Gasteiger partial charge in [-0.05, 0) is 36.4 Å². The molecule has 2 rings (SSSR count). The predicted molar refractivity (Wildman–Crippen MR) is 89.8 cm³/mol. The SMILES string of the molecule is O=C(C#Cc1ccccc1)NCCS(=O)(=O)c1ccc(Cl)cc1. The molecule has 0 aliphatic carbocycles. The van der Waals surface area contributed by atoms with Crippen molar-refractivity contribution >= 4 is 27.3 Å². The minimum Gasteiger partial charge on any atom is -0.344 e. The molecule has 0 fully saturated rings. The van der Waals surface area contributed by atoms with Gasteiger partial charge >= 0.3 is 0 Å². The average Bonchev–Trinajstić information content (AvgIpc) is 2.54. The summed E-state index contributed by atoms with van der Waals surface area (Å²) in [6.45, 7) is -0.00668. The Kier molecular flexibility index (Phi) is 5.80. The number of hydrogen-bond donors (Lipinski definition) is 1. The van der Waals surface area contributed by atoms with Gasteiger partial charge in [-0.25, -0.2) is 8.42 Å². The second-order valence-electron chi connectivity index (χ2n) is 4.64. The average molecular weight is 348 g/mol. The molecule has 0 saturated heterocycles. The van der Waals surface area contributed by atoms with Crippen LogP contribution < -0.4 is 5.32 Å². The van der Waals surface area contributed by atoms with Gasteiger partial charge in [0.25, 0.3) is 5.91 Å². The van der Waals surface area contributed by atoms with Crippen LogP contribution in [-0.2, 0) is 14.6 Å². The molecule has 0 aliphatic rings. The van der Waals surface area contributed by atoms with Crippen molar-refractivity contribution in [2.75, 3.05) is 12.3 Å². The molecule has 0 atom stereocenters. The van der Waals surface area contributed by atoms with Crippen LogP contribution in [0.4, 0.5) is 0 Å². The number of carbonyl (C=O) groups excluding carboxylic acids is 1. The first-order chi connectivity index (χ1) is 11.0. The quantitative estimate of drug-likeness (QED) is 0.863. The molecule has 4 nitrogen and oxygen atoms in total. The second-order valence-corrected chi connectivity index (χ2v) is 7.19. The fraction of sp³-hybridized carbons (Fsp3) is 0.118. The summed E-state index contributed by atoms with van der Waals surface area (Å²) in [6, 6.07) is 15.0. The van der Waals surface area contributed by atoms with Crippen LogP contribution in [0.2, 0.25) is 5.02 Å². The maximum absolute atomic E-state index is 12.1. The van der Waals surface area contributed by atoms with E-state index in [0.717, 1.165) is 5.56 Å². The number of rotatable bonds is 4. The first-order valence-corrected chi connectivity index (χ1v) is 8.84. The van der Waals surface area contributed by atoms with Gasteiger partial charge in [0.2, 0.25) is 0 Å². The van der Waals surface area contributed by atoms with Crippen LogP contribution in [-0.4, -0.2) is 26.6 Å². The van der Waals surface area contributed by atoms with Crippen molar-refractivity contribution in [1.29, 1.82) is 0 Å². The van der Waals surface area contributed by atoms with Crippen molar-refractivity contribution in [3.63, 3.8) is 0 Å². The van der Waals surface area contributed by atoms with Crippen LogP contribution in [0.15, 0.2) is 59.5 Å². The molecule has 0 saturated carbocycles. The highest BCUT2D eigenvalue weighted by Crippen LogP contribution is 2.14.